The summed E-state index contributed by atoms with van der Waals surface area (Å²) in [5.41, 5.74) is -0.845. The number of amides is 1. The van der Waals surface area contributed by atoms with Crippen LogP contribution in [0.5, 0.6) is 0 Å². The molecule has 0 saturated heterocycles. The first-order chi connectivity index (χ1) is 6.51. The molecule has 80 valence electrons. The predicted molar refractivity (Wildman–Crippen MR) is 56.6 cm³/mol. The first kappa shape index (κ1) is 13.0. The van der Waals surface area contributed by atoms with Gasteiger partial charge in [-0.3, -0.25) is 4.79 Å². The summed E-state index contributed by atoms with van der Waals surface area (Å²) >= 11 is 0. The predicted octanol–water partition coefficient (Wildman–Crippen LogP) is 2.18. The fraction of sp³-hybridized carbons (Fsp3) is 0.818. The Morgan fingerprint density at radius 1 is 1.50 bits per heavy atom. The zero-order valence-electron chi connectivity index (χ0n) is 9.63. The van der Waals surface area contributed by atoms with E-state index in [9.17, 15) is 4.79 Å². The van der Waals surface area contributed by atoms with Crippen molar-refractivity contribution in [2.24, 2.45) is 5.41 Å². The van der Waals surface area contributed by atoms with E-state index in [0.29, 0.717) is 6.42 Å². The van der Waals surface area contributed by atoms with E-state index in [1.807, 2.05) is 6.92 Å². The highest BCUT2D eigenvalue weighted by atomic mass is 16.2. The van der Waals surface area contributed by atoms with Crippen molar-refractivity contribution in [1.29, 1.82) is 5.26 Å². The van der Waals surface area contributed by atoms with Crippen molar-refractivity contribution in [2.75, 3.05) is 13.6 Å². The topological polar surface area (TPSA) is 44.1 Å². The fourth-order valence-corrected chi connectivity index (χ4v) is 1.20. The van der Waals surface area contributed by atoms with E-state index in [0.717, 1.165) is 19.4 Å². The van der Waals surface area contributed by atoms with Gasteiger partial charge in [0.05, 0.1) is 6.07 Å². The Kier molecular flexibility index (Phi) is 5.22. The summed E-state index contributed by atoms with van der Waals surface area (Å²) < 4.78 is 0. The minimum atomic E-state index is -0.845. The number of hydrogen-bond acceptors (Lipinski definition) is 2. The molecule has 0 spiro atoms. The third-order valence-corrected chi connectivity index (χ3v) is 2.62. The number of unbranched alkanes of at least 4 members (excludes halogenated alkanes) is 1. The van der Waals surface area contributed by atoms with E-state index in [-0.39, 0.29) is 5.91 Å². The summed E-state index contributed by atoms with van der Waals surface area (Å²) in [5, 5.41) is 8.93. The molecule has 0 aliphatic rings. The lowest BCUT2D eigenvalue weighted by Crippen LogP contribution is -2.39. The number of nitrogens with zero attached hydrogens (tertiary/aromatic N) is 2. The van der Waals surface area contributed by atoms with Gasteiger partial charge in [0.2, 0.25) is 5.91 Å². The molecule has 0 aliphatic carbocycles. The van der Waals surface area contributed by atoms with Crippen LogP contribution in [0.2, 0.25) is 0 Å². The fourth-order valence-electron chi connectivity index (χ4n) is 1.20. The number of hydrogen-bond donors (Lipinski definition) is 0. The van der Waals surface area contributed by atoms with Gasteiger partial charge in [-0.1, -0.05) is 20.3 Å². The lowest BCUT2D eigenvalue weighted by Gasteiger charge is -2.25. The summed E-state index contributed by atoms with van der Waals surface area (Å²) in [5.74, 6) is -0.0593. The second-order valence-electron chi connectivity index (χ2n) is 3.88. The van der Waals surface area contributed by atoms with Gasteiger partial charge in [-0.15, -0.1) is 0 Å². The van der Waals surface area contributed by atoms with Crippen LogP contribution in [0.25, 0.3) is 0 Å². The average Bonchev–Trinajstić information content (AvgIpc) is 2.23. The Hall–Kier alpha value is -1.04. The Bertz CT molecular complexity index is 232. The van der Waals surface area contributed by atoms with Gasteiger partial charge < -0.3 is 4.90 Å². The Morgan fingerprint density at radius 2 is 2.07 bits per heavy atom. The van der Waals surface area contributed by atoms with Crippen LogP contribution in [0.3, 0.4) is 0 Å². The zero-order valence-corrected chi connectivity index (χ0v) is 9.63. The van der Waals surface area contributed by atoms with Gasteiger partial charge in [0.15, 0.2) is 0 Å². The van der Waals surface area contributed by atoms with E-state index in [2.05, 4.69) is 13.0 Å². The van der Waals surface area contributed by atoms with E-state index in [1.165, 1.54) is 0 Å². The molecular weight excluding hydrogens is 176 g/mol. The zero-order chi connectivity index (χ0) is 11.2. The summed E-state index contributed by atoms with van der Waals surface area (Å²) in [6.07, 6.45) is 2.62. The van der Waals surface area contributed by atoms with E-state index in [1.54, 1.807) is 18.9 Å². The molecule has 14 heavy (non-hydrogen) atoms. The minimum Gasteiger partial charge on any atom is -0.344 e. The van der Waals surface area contributed by atoms with Crippen molar-refractivity contribution in [2.45, 2.75) is 40.0 Å². The van der Waals surface area contributed by atoms with Gasteiger partial charge in [0.25, 0.3) is 0 Å². The van der Waals surface area contributed by atoms with Crippen molar-refractivity contribution >= 4 is 5.91 Å². The molecule has 0 heterocycles. The molecule has 0 N–H and O–H groups in total. The highest BCUT2D eigenvalue weighted by molar-refractivity contribution is 5.84. The minimum absolute atomic E-state index is 0.0593. The van der Waals surface area contributed by atoms with Gasteiger partial charge >= 0.3 is 0 Å². The maximum absolute atomic E-state index is 11.8. The number of rotatable bonds is 5. The largest absolute Gasteiger partial charge is 0.344 e. The first-order valence-electron chi connectivity index (χ1n) is 5.18. The molecule has 3 heteroatoms. The third kappa shape index (κ3) is 3.02. The van der Waals surface area contributed by atoms with Crippen LogP contribution in [-0.2, 0) is 4.79 Å². The van der Waals surface area contributed by atoms with Crippen molar-refractivity contribution in [3.8, 4) is 6.07 Å². The van der Waals surface area contributed by atoms with Crippen molar-refractivity contribution in [3.63, 3.8) is 0 Å². The summed E-state index contributed by atoms with van der Waals surface area (Å²) in [7, 11) is 1.77. The highest BCUT2D eigenvalue weighted by Crippen LogP contribution is 2.22. The standard InChI is InChI=1S/C11H20N2O/c1-5-7-8-13(4)10(14)11(3,6-2)9-12/h5-8H2,1-4H3. The molecule has 0 saturated carbocycles. The second kappa shape index (κ2) is 5.64. The van der Waals surface area contributed by atoms with Crippen LogP contribution >= 0.6 is 0 Å². The van der Waals surface area contributed by atoms with E-state index in [4.69, 9.17) is 5.26 Å². The maximum atomic E-state index is 11.8. The molecule has 0 fully saturated rings. The normalized spacial score (nSPS) is 14.2. The lowest BCUT2D eigenvalue weighted by molar-refractivity contribution is -0.137. The smallest absolute Gasteiger partial charge is 0.242 e. The van der Waals surface area contributed by atoms with Crippen LogP contribution < -0.4 is 0 Å². The Balaban J connectivity index is 4.38. The van der Waals surface area contributed by atoms with Crippen molar-refractivity contribution < 1.29 is 4.79 Å². The van der Waals surface area contributed by atoms with Crippen molar-refractivity contribution in [3.05, 3.63) is 0 Å². The Labute approximate surface area is 86.7 Å². The van der Waals surface area contributed by atoms with Crippen LogP contribution in [0.1, 0.15) is 40.0 Å². The van der Waals surface area contributed by atoms with Gasteiger partial charge in [0.1, 0.15) is 5.41 Å². The third-order valence-electron chi connectivity index (χ3n) is 2.62. The molecule has 0 rings (SSSR count). The molecule has 3 nitrogen and oxygen atoms in total. The Morgan fingerprint density at radius 3 is 2.43 bits per heavy atom. The van der Waals surface area contributed by atoms with Crippen molar-refractivity contribution in [1.82, 2.24) is 4.90 Å². The van der Waals surface area contributed by atoms with Crippen LogP contribution in [0, 0.1) is 16.7 Å². The number of nitriles is 1. The molecular formula is C11H20N2O. The van der Waals surface area contributed by atoms with E-state index >= 15 is 0 Å². The molecule has 0 aromatic carbocycles. The molecule has 0 aliphatic heterocycles. The molecule has 1 atom stereocenters. The van der Waals surface area contributed by atoms with Crippen LogP contribution in [-0.4, -0.2) is 24.4 Å². The molecule has 1 unspecified atom stereocenters. The quantitative estimate of drug-likeness (QED) is 0.676. The van der Waals surface area contributed by atoms with Crippen LogP contribution in [0.4, 0.5) is 0 Å². The lowest BCUT2D eigenvalue weighted by atomic mass is 9.88. The summed E-state index contributed by atoms with van der Waals surface area (Å²) in [4.78, 5) is 13.5. The molecule has 1 amide bonds. The second-order valence-corrected chi connectivity index (χ2v) is 3.88. The summed E-state index contributed by atoms with van der Waals surface area (Å²) in [6.45, 7) is 6.40. The molecule has 0 bridgehead atoms. The van der Waals surface area contributed by atoms with Gasteiger partial charge in [-0.2, -0.15) is 5.26 Å². The SMILES string of the molecule is CCCCN(C)C(=O)C(C)(C#N)CC. The van der Waals surface area contributed by atoms with Gasteiger partial charge in [0, 0.05) is 13.6 Å². The highest BCUT2D eigenvalue weighted by Gasteiger charge is 2.33. The van der Waals surface area contributed by atoms with Gasteiger partial charge in [-0.05, 0) is 19.8 Å². The summed E-state index contributed by atoms with van der Waals surface area (Å²) in [6, 6.07) is 2.09. The molecule has 0 aromatic rings. The first-order valence-corrected chi connectivity index (χ1v) is 5.18. The number of carbonyl (C=O) groups is 1. The van der Waals surface area contributed by atoms with Crippen LogP contribution in [0.15, 0.2) is 0 Å². The average molecular weight is 196 g/mol. The monoisotopic (exact) mass is 196 g/mol. The van der Waals surface area contributed by atoms with E-state index < -0.39 is 5.41 Å². The molecule has 0 radical (unpaired) electrons. The number of carbonyl (C=O) groups excluding carboxylic acids is 1. The molecule has 0 aromatic heterocycles. The maximum Gasteiger partial charge on any atom is 0.242 e. The van der Waals surface area contributed by atoms with Gasteiger partial charge in [-0.25, -0.2) is 0 Å².